The molecule has 2 N–H and O–H groups in total. The number of aryl methyl sites for hydroxylation is 1. The van der Waals surface area contributed by atoms with Crippen molar-refractivity contribution in [2.24, 2.45) is 5.41 Å². The lowest BCUT2D eigenvalue weighted by Gasteiger charge is -2.10. The van der Waals surface area contributed by atoms with Crippen molar-refractivity contribution in [3.8, 4) is 0 Å². The minimum absolute atomic E-state index is 0.274. The van der Waals surface area contributed by atoms with Crippen LogP contribution in [-0.2, 0) is 16.0 Å². The maximum absolute atomic E-state index is 12.9. The fourth-order valence-corrected chi connectivity index (χ4v) is 2.02. The molecule has 1 saturated carbocycles. The topological polar surface area (TPSA) is 66.4 Å². The van der Waals surface area contributed by atoms with E-state index in [1.807, 2.05) is 6.07 Å². The molecule has 1 aromatic carbocycles. The average molecular weight is 265 g/mol. The number of aliphatic carboxylic acids is 1. The Kier molecular flexibility index (Phi) is 3.83. The van der Waals surface area contributed by atoms with E-state index in [-0.39, 0.29) is 5.82 Å². The molecule has 0 spiro atoms. The molecule has 1 fully saturated rings. The van der Waals surface area contributed by atoms with E-state index >= 15 is 0 Å². The van der Waals surface area contributed by atoms with Crippen LogP contribution in [0.15, 0.2) is 24.3 Å². The summed E-state index contributed by atoms with van der Waals surface area (Å²) in [5, 5.41) is 11.6. The summed E-state index contributed by atoms with van der Waals surface area (Å²) in [5.41, 5.74) is -0.313. The number of halogens is 1. The molecule has 0 unspecified atom stereocenters. The van der Waals surface area contributed by atoms with Gasteiger partial charge in [-0.1, -0.05) is 12.1 Å². The van der Waals surface area contributed by atoms with Crippen LogP contribution in [0.3, 0.4) is 0 Å². The maximum atomic E-state index is 12.9. The molecule has 1 aliphatic carbocycles. The van der Waals surface area contributed by atoms with Crippen LogP contribution in [0.1, 0.15) is 24.8 Å². The average Bonchev–Trinajstić information content (AvgIpc) is 3.16. The third-order valence-electron chi connectivity index (χ3n) is 3.41. The second-order valence-corrected chi connectivity index (χ2v) is 4.88. The Bertz CT molecular complexity index is 497. The van der Waals surface area contributed by atoms with E-state index in [1.165, 1.54) is 12.1 Å². The van der Waals surface area contributed by atoms with Crippen LogP contribution in [0.25, 0.3) is 0 Å². The van der Waals surface area contributed by atoms with Gasteiger partial charge in [-0.3, -0.25) is 9.59 Å². The molecule has 4 nitrogen and oxygen atoms in total. The zero-order valence-electron chi connectivity index (χ0n) is 10.5. The quantitative estimate of drug-likeness (QED) is 0.608. The molecule has 19 heavy (non-hydrogen) atoms. The van der Waals surface area contributed by atoms with Crippen molar-refractivity contribution in [1.82, 2.24) is 5.32 Å². The zero-order valence-corrected chi connectivity index (χ0v) is 10.5. The van der Waals surface area contributed by atoms with Crippen molar-refractivity contribution in [2.75, 3.05) is 6.54 Å². The molecule has 2 rings (SSSR count). The summed E-state index contributed by atoms with van der Waals surface area (Å²) in [7, 11) is 0. The molecule has 0 heterocycles. The largest absolute Gasteiger partial charge is 0.480 e. The van der Waals surface area contributed by atoms with Gasteiger partial charge >= 0.3 is 5.97 Å². The second kappa shape index (κ2) is 5.38. The van der Waals surface area contributed by atoms with Crippen LogP contribution in [0, 0.1) is 11.2 Å². The minimum Gasteiger partial charge on any atom is -0.480 e. The molecule has 1 aliphatic rings. The summed E-state index contributed by atoms with van der Waals surface area (Å²) in [6, 6.07) is 6.31. The van der Waals surface area contributed by atoms with Gasteiger partial charge in [-0.25, -0.2) is 4.39 Å². The number of carboxylic acid groups (broad SMARTS) is 1. The number of nitrogens with one attached hydrogen (secondary N) is 1. The predicted octanol–water partition coefficient (Wildman–Crippen LogP) is 1.74. The maximum Gasteiger partial charge on any atom is 0.319 e. The Morgan fingerprint density at radius 1 is 1.37 bits per heavy atom. The summed E-state index contributed by atoms with van der Waals surface area (Å²) in [4.78, 5) is 22.6. The molecule has 0 aliphatic heterocycles. The van der Waals surface area contributed by atoms with Crippen molar-refractivity contribution in [3.05, 3.63) is 35.6 Å². The summed E-state index contributed by atoms with van der Waals surface area (Å²) in [5.74, 6) is -1.72. The molecule has 1 amide bonds. The van der Waals surface area contributed by atoms with E-state index in [0.717, 1.165) is 5.56 Å². The van der Waals surface area contributed by atoms with E-state index in [0.29, 0.717) is 32.2 Å². The van der Waals surface area contributed by atoms with E-state index < -0.39 is 17.3 Å². The highest BCUT2D eigenvalue weighted by molar-refractivity contribution is 6.04. The number of rotatable bonds is 6. The van der Waals surface area contributed by atoms with Gasteiger partial charge in [0.15, 0.2) is 0 Å². The number of amides is 1. The van der Waals surface area contributed by atoms with Gasteiger partial charge in [0, 0.05) is 6.54 Å². The molecule has 0 bridgehead atoms. The van der Waals surface area contributed by atoms with Crippen LogP contribution in [-0.4, -0.2) is 23.5 Å². The molecule has 5 heteroatoms. The van der Waals surface area contributed by atoms with Gasteiger partial charge in [0.2, 0.25) is 5.91 Å². The number of benzene rings is 1. The van der Waals surface area contributed by atoms with Crippen LogP contribution < -0.4 is 5.32 Å². The van der Waals surface area contributed by atoms with E-state index in [4.69, 9.17) is 5.11 Å². The molecular formula is C14H16FNO3. The number of carbonyl (C=O) groups is 2. The Labute approximate surface area is 110 Å². The standard InChI is InChI=1S/C14H16FNO3/c15-11-5-1-3-10(9-11)4-2-8-16-12(17)14(6-7-14)13(18)19/h1,3,5,9H,2,4,6-8H2,(H,16,17)(H,18,19). The fourth-order valence-electron chi connectivity index (χ4n) is 2.02. The predicted molar refractivity (Wildman–Crippen MR) is 67.0 cm³/mol. The zero-order chi connectivity index (χ0) is 13.9. The third kappa shape index (κ3) is 3.10. The van der Waals surface area contributed by atoms with Gasteiger partial charge in [-0.05, 0) is 43.4 Å². The lowest BCUT2D eigenvalue weighted by Crippen LogP contribution is -2.37. The van der Waals surface area contributed by atoms with Crippen molar-refractivity contribution in [3.63, 3.8) is 0 Å². The second-order valence-electron chi connectivity index (χ2n) is 4.88. The highest BCUT2D eigenvalue weighted by atomic mass is 19.1. The molecule has 0 radical (unpaired) electrons. The SMILES string of the molecule is O=C(O)C1(C(=O)NCCCc2cccc(F)c2)CC1. The first-order chi connectivity index (χ1) is 9.04. The lowest BCUT2D eigenvalue weighted by atomic mass is 10.1. The molecule has 0 aromatic heterocycles. The van der Waals surface area contributed by atoms with E-state index in [9.17, 15) is 14.0 Å². The normalized spacial score (nSPS) is 15.8. The first-order valence-electron chi connectivity index (χ1n) is 6.31. The van der Waals surface area contributed by atoms with Gasteiger partial charge < -0.3 is 10.4 Å². The molecule has 0 atom stereocenters. The Morgan fingerprint density at radius 3 is 2.68 bits per heavy atom. The van der Waals surface area contributed by atoms with E-state index in [2.05, 4.69) is 5.32 Å². The van der Waals surface area contributed by atoms with Crippen LogP contribution in [0.2, 0.25) is 0 Å². The van der Waals surface area contributed by atoms with E-state index in [1.54, 1.807) is 6.07 Å². The van der Waals surface area contributed by atoms with Gasteiger partial charge in [0.25, 0.3) is 0 Å². The van der Waals surface area contributed by atoms with Crippen LogP contribution in [0.4, 0.5) is 4.39 Å². The van der Waals surface area contributed by atoms with Crippen LogP contribution in [0.5, 0.6) is 0 Å². The van der Waals surface area contributed by atoms with Crippen molar-refractivity contribution in [1.29, 1.82) is 0 Å². The first kappa shape index (κ1) is 13.5. The van der Waals surface area contributed by atoms with Gasteiger partial charge in [-0.2, -0.15) is 0 Å². The summed E-state index contributed by atoms with van der Waals surface area (Å²) >= 11 is 0. The molecule has 0 saturated heterocycles. The van der Waals surface area contributed by atoms with Crippen molar-refractivity contribution >= 4 is 11.9 Å². The number of hydrogen-bond donors (Lipinski definition) is 2. The molecule has 1 aromatic rings. The van der Waals surface area contributed by atoms with Crippen molar-refractivity contribution < 1.29 is 19.1 Å². The highest BCUT2D eigenvalue weighted by Crippen LogP contribution is 2.45. The first-order valence-corrected chi connectivity index (χ1v) is 6.31. The Hall–Kier alpha value is -1.91. The molecule has 102 valence electrons. The summed E-state index contributed by atoms with van der Waals surface area (Å²) in [6.07, 6.45) is 2.14. The van der Waals surface area contributed by atoms with Crippen LogP contribution >= 0.6 is 0 Å². The summed E-state index contributed by atoms with van der Waals surface area (Å²) in [6.45, 7) is 0.407. The fraction of sp³-hybridized carbons (Fsp3) is 0.429. The molecular weight excluding hydrogens is 249 g/mol. The van der Waals surface area contributed by atoms with Gasteiger partial charge in [0.1, 0.15) is 11.2 Å². The number of carbonyl (C=O) groups excluding carboxylic acids is 1. The third-order valence-corrected chi connectivity index (χ3v) is 3.41. The van der Waals surface area contributed by atoms with Gasteiger partial charge in [0.05, 0.1) is 0 Å². The van der Waals surface area contributed by atoms with Gasteiger partial charge in [-0.15, -0.1) is 0 Å². The monoisotopic (exact) mass is 265 g/mol. The highest BCUT2D eigenvalue weighted by Gasteiger charge is 2.56. The Balaban J connectivity index is 1.73. The smallest absolute Gasteiger partial charge is 0.319 e. The lowest BCUT2D eigenvalue weighted by molar-refractivity contribution is -0.149. The Morgan fingerprint density at radius 2 is 2.11 bits per heavy atom. The summed E-state index contributed by atoms with van der Waals surface area (Å²) < 4.78 is 12.9. The minimum atomic E-state index is -1.18. The van der Waals surface area contributed by atoms with Crippen molar-refractivity contribution in [2.45, 2.75) is 25.7 Å². The number of carboxylic acids is 1. The number of hydrogen-bond acceptors (Lipinski definition) is 2.